The predicted molar refractivity (Wildman–Crippen MR) is 76.6 cm³/mol. The van der Waals surface area contributed by atoms with E-state index in [1.807, 2.05) is 42.5 Å². The van der Waals surface area contributed by atoms with E-state index in [1.165, 1.54) is 6.21 Å². The summed E-state index contributed by atoms with van der Waals surface area (Å²) in [5.74, 6) is 0. The molecule has 0 saturated carbocycles. The summed E-state index contributed by atoms with van der Waals surface area (Å²) in [5.41, 5.74) is 4.03. The molecule has 0 aliphatic rings. The molecule has 18 heavy (non-hydrogen) atoms. The lowest BCUT2D eigenvalue weighted by Crippen LogP contribution is -1.84. The molecule has 1 N–H and O–H groups in total. The third kappa shape index (κ3) is 2.61. The van der Waals surface area contributed by atoms with E-state index in [0.717, 1.165) is 22.4 Å². The molecule has 2 aromatic rings. The van der Waals surface area contributed by atoms with Crippen molar-refractivity contribution in [1.29, 1.82) is 5.41 Å². The normalized spacial score (nSPS) is 11.0. The lowest BCUT2D eigenvalue weighted by atomic mass is 10.0. The van der Waals surface area contributed by atoms with Crippen molar-refractivity contribution < 1.29 is 0 Å². The Labute approximate surface area is 107 Å². The summed E-state index contributed by atoms with van der Waals surface area (Å²) >= 11 is 0. The van der Waals surface area contributed by atoms with Gasteiger partial charge in [0.1, 0.15) is 0 Å². The first kappa shape index (κ1) is 12.0. The number of nitrogens with one attached hydrogen (secondary N) is 1. The highest BCUT2D eigenvalue weighted by molar-refractivity contribution is 5.87. The molecule has 2 heteroatoms. The van der Waals surface area contributed by atoms with E-state index in [9.17, 15) is 0 Å². The zero-order chi connectivity index (χ0) is 12.8. The summed E-state index contributed by atoms with van der Waals surface area (Å²) < 4.78 is 0. The first-order valence-corrected chi connectivity index (χ1v) is 5.70. The lowest BCUT2D eigenvalue weighted by molar-refractivity contribution is 1.33. The molecule has 0 bridgehead atoms. The molecule has 2 rings (SSSR count). The van der Waals surface area contributed by atoms with Crippen LogP contribution in [0, 0.1) is 5.41 Å². The second-order valence-electron chi connectivity index (χ2n) is 3.79. The number of benzene rings is 1. The van der Waals surface area contributed by atoms with Gasteiger partial charge in [-0.05, 0) is 29.3 Å². The predicted octanol–water partition coefficient (Wildman–Crippen LogP) is 3.97. The van der Waals surface area contributed by atoms with E-state index in [-0.39, 0.29) is 0 Å². The van der Waals surface area contributed by atoms with Crippen LogP contribution < -0.4 is 0 Å². The summed E-state index contributed by atoms with van der Waals surface area (Å²) in [6.45, 7) is 3.75. The van der Waals surface area contributed by atoms with Crippen LogP contribution in [0.3, 0.4) is 0 Å². The molecule has 0 saturated heterocycles. The van der Waals surface area contributed by atoms with Crippen LogP contribution in [0.2, 0.25) is 0 Å². The van der Waals surface area contributed by atoms with E-state index in [0.29, 0.717) is 0 Å². The van der Waals surface area contributed by atoms with Gasteiger partial charge in [-0.25, -0.2) is 0 Å². The SMILES string of the molecule is C=C/C(=C\C=N)c1ccc(-c2ccccn2)cc1. The Hall–Kier alpha value is -2.48. The molecule has 1 aromatic carbocycles. The quantitative estimate of drug-likeness (QED) is 0.630. The summed E-state index contributed by atoms with van der Waals surface area (Å²) in [6, 6.07) is 13.9. The number of allylic oxidation sites excluding steroid dienone is 3. The highest BCUT2D eigenvalue weighted by Gasteiger charge is 2.00. The van der Waals surface area contributed by atoms with Crippen LogP contribution in [0.5, 0.6) is 0 Å². The monoisotopic (exact) mass is 234 g/mol. The van der Waals surface area contributed by atoms with Crippen LogP contribution >= 0.6 is 0 Å². The zero-order valence-electron chi connectivity index (χ0n) is 10.0. The third-order valence-electron chi connectivity index (χ3n) is 2.66. The van der Waals surface area contributed by atoms with Gasteiger partial charge in [0.15, 0.2) is 0 Å². The molecule has 0 amide bonds. The van der Waals surface area contributed by atoms with Crippen LogP contribution in [0.25, 0.3) is 16.8 Å². The van der Waals surface area contributed by atoms with Gasteiger partial charge in [-0.15, -0.1) is 0 Å². The topological polar surface area (TPSA) is 36.7 Å². The van der Waals surface area contributed by atoms with Gasteiger partial charge in [-0.2, -0.15) is 0 Å². The van der Waals surface area contributed by atoms with Gasteiger partial charge in [-0.1, -0.05) is 43.0 Å². The van der Waals surface area contributed by atoms with Gasteiger partial charge in [0.25, 0.3) is 0 Å². The average Bonchev–Trinajstić information content (AvgIpc) is 2.46. The summed E-state index contributed by atoms with van der Waals surface area (Å²) in [5, 5.41) is 7.10. The van der Waals surface area contributed by atoms with Gasteiger partial charge in [0.05, 0.1) is 5.69 Å². The van der Waals surface area contributed by atoms with Gasteiger partial charge in [0.2, 0.25) is 0 Å². The van der Waals surface area contributed by atoms with E-state index in [2.05, 4.69) is 11.6 Å². The Morgan fingerprint density at radius 2 is 1.89 bits per heavy atom. The molecule has 0 spiro atoms. The fourth-order valence-corrected chi connectivity index (χ4v) is 1.74. The molecular weight excluding hydrogens is 220 g/mol. The number of hydrogen-bond donors (Lipinski definition) is 1. The van der Waals surface area contributed by atoms with Crippen molar-refractivity contribution in [3.63, 3.8) is 0 Å². The Kier molecular flexibility index (Phi) is 3.82. The van der Waals surface area contributed by atoms with E-state index in [4.69, 9.17) is 5.41 Å². The first-order valence-electron chi connectivity index (χ1n) is 5.70. The Bertz CT molecular complexity index is 566. The lowest BCUT2D eigenvalue weighted by Gasteiger charge is -2.04. The zero-order valence-corrected chi connectivity index (χ0v) is 10.0. The minimum atomic E-state index is 0.942. The number of nitrogens with zero attached hydrogens (tertiary/aromatic N) is 1. The smallest absolute Gasteiger partial charge is 0.0701 e. The molecule has 0 radical (unpaired) electrons. The highest BCUT2D eigenvalue weighted by Crippen LogP contribution is 2.21. The molecule has 0 atom stereocenters. The second-order valence-corrected chi connectivity index (χ2v) is 3.79. The maximum Gasteiger partial charge on any atom is 0.0701 e. The third-order valence-corrected chi connectivity index (χ3v) is 2.66. The van der Waals surface area contributed by atoms with Crippen molar-refractivity contribution >= 4 is 11.8 Å². The van der Waals surface area contributed by atoms with Gasteiger partial charge in [0, 0.05) is 18.0 Å². The number of rotatable bonds is 4. The van der Waals surface area contributed by atoms with Crippen LogP contribution in [-0.2, 0) is 0 Å². The van der Waals surface area contributed by atoms with Crippen LogP contribution in [0.4, 0.5) is 0 Å². The van der Waals surface area contributed by atoms with Crippen LogP contribution in [0.15, 0.2) is 67.4 Å². The minimum absolute atomic E-state index is 0.942. The molecule has 0 aliphatic heterocycles. The van der Waals surface area contributed by atoms with E-state index >= 15 is 0 Å². The summed E-state index contributed by atoms with van der Waals surface area (Å²) in [4.78, 5) is 4.31. The van der Waals surface area contributed by atoms with Crippen molar-refractivity contribution in [3.8, 4) is 11.3 Å². The van der Waals surface area contributed by atoms with Crippen molar-refractivity contribution in [1.82, 2.24) is 4.98 Å². The van der Waals surface area contributed by atoms with Gasteiger partial charge in [-0.3, -0.25) is 4.98 Å². The number of pyridine rings is 1. The molecule has 0 unspecified atom stereocenters. The van der Waals surface area contributed by atoms with Crippen molar-refractivity contribution in [2.24, 2.45) is 0 Å². The first-order chi connectivity index (χ1) is 8.85. The van der Waals surface area contributed by atoms with Crippen molar-refractivity contribution in [2.75, 3.05) is 0 Å². The number of aromatic nitrogens is 1. The molecule has 0 fully saturated rings. The maximum absolute atomic E-state index is 7.10. The minimum Gasteiger partial charge on any atom is -0.309 e. The second kappa shape index (κ2) is 5.73. The number of hydrogen-bond acceptors (Lipinski definition) is 2. The molecule has 88 valence electrons. The fraction of sp³-hybridized carbons (Fsp3) is 0. The average molecular weight is 234 g/mol. The fourth-order valence-electron chi connectivity index (χ4n) is 1.74. The summed E-state index contributed by atoms with van der Waals surface area (Å²) in [6.07, 6.45) is 6.53. The maximum atomic E-state index is 7.10. The Morgan fingerprint density at radius 1 is 1.11 bits per heavy atom. The van der Waals surface area contributed by atoms with E-state index < -0.39 is 0 Å². The highest BCUT2D eigenvalue weighted by atomic mass is 14.7. The van der Waals surface area contributed by atoms with Crippen LogP contribution in [-0.4, -0.2) is 11.2 Å². The van der Waals surface area contributed by atoms with Gasteiger partial charge < -0.3 is 5.41 Å². The van der Waals surface area contributed by atoms with Gasteiger partial charge >= 0.3 is 0 Å². The van der Waals surface area contributed by atoms with Crippen molar-refractivity contribution in [2.45, 2.75) is 0 Å². The summed E-state index contributed by atoms with van der Waals surface area (Å²) in [7, 11) is 0. The Balaban J connectivity index is 2.33. The molecule has 1 heterocycles. The Morgan fingerprint density at radius 3 is 2.44 bits per heavy atom. The largest absolute Gasteiger partial charge is 0.309 e. The molecule has 0 aliphatic carbocycles. The molecular formula is C16H14N2. The molecule has 2 nitrogen and oxygen atoms in total. The van der Waals surface area contributed by atoms with Crippen molar-refractivity contribution in [3.05, 3.63) is 73.0 Å². The molecule has 1 aromatic heterocycles. The van der Waals surface area contributed by atoms with E-state index in [1.54, 1.807) is 18.3 Å². The standard InChI is InChI=1S/C16H14N2/c1-2-13(10-11-17)14-6-8-15(9-7-14)16-5-3-4-12-18-16/h2-12,17H,1H2/b13-10+,17-11?. The van der Waals surface area contributed by atoms with Crippen LogP contribution in [0.1, 0.15) is 5.56 Å².